The standard InChI is InChI=1S/C23H27N3OS2/c1-18(24-22(27)17-20-9-5-15-28-20)23(21-10-6-16-29-21)26-13-11-25(12-14-26)19-7-3-2-4-8-19/h2-10,15-16,18,23H,11-14,17H2,1H3,(H,24,27)/t18-,23-/m1/s1. The molecule has 2 atom stereocenters. The molecule has 0 unspecified atom stereocenters. The largest absolute Gasteiger partial charge is 0.369 e. The highest BCUT2D eigenvalue weighted by atomic mass is 32.1. The Morgan fingerprint density at radius 2 is 1.69 bits per heavy atom. The molecule has 1 aliphatic heterocycles. The molecule has 3 heterocycles. The second-order valence-electron chi connectivity index (χ2n) is 7.43. The monoisotopic (exact) mass is 425 g/mol. The fourth-order valence-electron chi connectivity index (χ4n) is 4.05. The number of carbonyl (C=O) groups excluding carboxylic acids is 1. The molecule has 0 saturated carbocycles. The van der Waals surface area contributed by atoms with E-state index in [0.717, 1.165) is 31.1 Å². The predicted octanol–water partition coefficient (Wildman–Crippen LogP) is 4.42. The number of piperazine rings is 1. The molecule has 1 N–H and O–H groups in total. The Morgan fingerprint density at radius 3 is 2.34 bits per heavy atom. The minimum Gasteiger partial charge on any atom is -0.369 e. The third kappa shape index (κ3) is 5.07. The van der Waals surface area contributed by atoms with Crippen LogP contribution in [0.3, 0.4) is 0 Å². The molecule has 0 radical (unpaired) electrons. The topological polar surface area (TPSA) is 35.6 Å². The molecule has 0 spiro atoms. The predicted molar refractivity (Wildman–Crippen MR) is 123 cm³/mol. The van der Waals surface area contributed by atoms with E-state index in [2.05, 4.69) is 69.9 Å². The molecule has 1 aromatic carbocycles. The first-order chi connectivity index (χ1) is 14.2. The van der Waals surface area contributed by atoms with E-state index >= 15 is 0 Å². The number of hydrogen-bond acceptors (Lipinski definition) is 5. The second kappa shape index (κ2) is 9.57. The summed E-state index contributed by atoms with van der Waals surface area (Å²) in [5, 5.41) is 7.41. The number of amides is 1. The number of rotatable bonds is 7. The second-order valence-corrected chi connectivity index (χ2v) is 9.44. The van der Waals surface area contributed by atoms with Gasteiger partial charge in [-0.3, -0.25) is 9.69 Å². The van der Waals surface area contributed by atoms with E-state index in [1.807, 2.05) is 17.5 Å². The minimum atomic E-state index is 0.0596. The Bertz CT molecular complexity index is 872. The van der Waals surface area contributed by atoms with Crippen LogP contribution in [-0.4, -0.2) is 43.0 Å². The molecule has 3 aromatic rings. The normalized spacial score (nSPS) is 17.1. The van der Waals surface area contributed by atoms with Crippen LogP contribution in [-0.2, 0) is 11.2 Å². The number of nitrogens with one attached hydrogen (secondary N) is 1. The van der Waals surface area contributed by atoms with Crippen molar-refractivity contribution in [3.8, 4) is 0 Å². The Kier molecular flexibility index (Phi) is 6.64. The molecular formula is C23H27N3OS2. The van der Waals surface area contributed by atoms with Gasteiger partial charge < -0.3 is 10.2 Å². The summed E-state index contributed by atoms with van der Waals surface area (Å²) < 4.78 is 0. The summed E-state index contributed by atoms with van der Waals surface area (Å²) in [6.07, 6.45) is 0.459. The summed E-state index contributed by atoms with van der Waals surface area (Å²) in [6.45, 7) is 6.12. The van der Waals surface area contributed by atoms with Gasteiger partial charge in [-0.1, -0.05) is 30.3 Å². The maximum atomic E-state index is 12.6. The van der Waals surface area contributed by atoms with Gasteiger partial charge in [-0.2, -0.15) is 0 Å². The average Bonchev–Trinajstić information content (AvgIpc) is 3.44. The van der Waals surface area contributed by atoms with Crippen molar-refractivity contribution in [1.29, 1.82) is 0 Å². The summed E-state index contributed by atoms with van der Waals surface area (Å²) in [6, 6.07) is 19.2. The Balaban J connectivity index is 1.42. The van der Waals surface area contributed by atoms with Gasteiger partial charge in [0.2, 0.25) is 5.91 Å². The summed E-state index contributed by atoms with van der Waals surface area (Å²) in [5.41, 5.74) is 1.29. The first kappa shape index (κ1) is 20.1. The van der Waals surface area contributed by atoms with E-state index in [9.17, 15) is 4.79 Å². The molecule has 6 heteroatoms. The number of nitrogens with zero attached hydrogens (tertiary/aromatic N) is 2. The zero-order valence-electron chi connectivity index (χ0n) is 16.7. The quantitative estimate of drug-likeness (QED) is 0.609. The molecule has 1 saturated heterocycles. The van der Waals surface area contributed by atoms with Crippen molar-refractivity contribution in [1.82, 2.24) is 10.2 Å². The van der Waals surface area contributed by atoms with Crippen LogP contribution in [0.2, 0.25) is 0 Å². The fraction of sp³-hybridized carbons (Fsp3) is 0.348. The van der Waals surface area contributed by atoms with Crippen molar-refractivity contribution in [3.05, 3.63) is 75.1 Å². The molecule has 4 nitrogen and oxygen atoms in total. The van der Waals surface area contributed by atoms with Gasteiger partial charge in [0.15, 0.2) is 0 Å². The van der Waals surface area contributed by atoms with Crippen molar-refractivity contribution < 1.29 is 4.79 Å². The van der Waals surface area contributed by atoms with Gasteiger partial charge >= 0.3 is 0 Å². The number of anilines is 1. The summed E-state index contributed by atoms with van der Waals surface area (Å²) in [4.78, 5) is 20.0. The summed E-state index contributed by atoms with van der Waals surface area (Å²) in [5.74, 6) is 0.101. The highest BCUT2D eigenvalue weighted by Crippen LogP contribution is 2.30. The van der Waals surface area contributed by atoms with Crippen LogP contribution in [0.4, 0.5) is 5.69 Å². The van der Waals surface area contributed by atoms with Crippen molar-refractivity contribution in [3.63, 3.8) is 0 Å². The molecule has 1 fully saturated rings. The first-order valence-electron chi connectivity index (χ1n) is 10.1. The summed E-state index contributed by atoms with van der Waals surface area (Å²) in [7, 11) is 0. The van der Waals surface area contributed by atoms with E-state index in [0.29, 0.717) is 6.42 Å². The molecule has 0 aliphatic carbocycles. The molecule has 29 heavy (non-hydrogen) atoms. The van der Waals surface area contributed by atoms with Crippen molar-refractivity contribution in [2.45, 2.75) is 25.4 Å². The highest BCUT2D eigenvalue weighted by Gasteiger charge is 2.30. The Labute approximate surface area is 180 Å². The molecule has 1 aliphatic rings. The zero-order valence-corrected chi connectivity index (χ0v) is 18.3. The lowest BCUT2D eigenvalue weighted by atomic mass is 10.0. The van der Waals surface area contributed by atoms with Gasteiger partial charge in [0.05, 0.1) is 12.5 Å². The molecule has 2 aromatic heterocycles. The summed E-state index contributed by atoms with van der Waals surface area (Å²) >= 11 is 3.41. The van der Waals surface area contributed by atoms with E-state index < -0.39 is 0 Å². The third-order valence-corrected chi connectivity index (χ3v) is 7.26. The van der Waals surface area contributed by atoms with Crippen LogP contribution in [0.25, 0.3) is 0 Å². The van der Waals surface area contributed by atoms with Crippen LogP contribution in [0.1, 0.15) is 22.7 Å². The van der Waals surface area contributed by atoms with Crippen LogP contribution in [0.5, 0.6) is 0 Å². The lowest BCUT2D eigenvalue weighted by molar-refractivity contribution is -0.121. The van der Waals surface area contributed by atoms with E-state index in [1.165, 1.54) is 10.6 Å². The van der Waals surface area contributed by atoms with Crippen LogP contribution in [0.15, 0.2) is 65.4 Å². The van der Waals surface area contributed by atoms with Crippen LogP contribution >= 0.6 is 22.7 Å². The number of carbonyl (C=O) groups is 1. The van der Waals surface area contributed by atoms with Gasteiger partial charge in [0.25, 0.3) is 0 Å². The van der Waals surface area contributed by atoms with Gasteiger partial charge in [-0.15, -0.1) is 22.7 Å². The van der Waals surface area contributed by atoms with Gasteiger partial charge in [0, 0.05) is 47.7 Å². The maximum Gasteiger partial charge on any atom is 0.225 e. The lowest BCUT2D eigenvalue weighted by Crippen LogP contribution is -2.52. The number of benzene rings is 1. The number of hydrogen-bond donors (Lipinski definition) is 1. The van der Waals surface area contributed by atoms with Gasteiger partial charge in [-0.25, -0.2) is 0 Å². The molecule has 0 bridgehead atoms. The number of para-hydroxylation sites is 1. The zero-order chi connectivity index (χ0) is 20.1. The highest BCUT2D eigenvalue weighted by molar-refractivity contribution is 7.10. The van der Waals surface area contributed by atoms with Crippen molar-refractivity contribution in [2.24, 2.45) is 0 Å². The lowest BCUT2D eigenvalue weighted by Gasteiger charge is -2.42. The smallest absolute Gasteiger partial charge is 0.225 e. The average molecular weight is 426 g/mol. The van der Waals surface area contributed by atoms with E-state index in [4.69, 9.17) is 0 Å². The molecule has 4 rings (SSSR count). The van der Waals surface area contributed by atoms with E-state index in [1.54, 1.807) is 22.7 Å². The molecule has 152 valence electrons. The van der Waals surface area contributed by atoms with Crippen molar-refractivity contribution >= 4 is 34.3 Å². The van der Waals surface area contributed by atoms with Crippen LogP contribution in [0, 0.1) is 0 Å². The SMILES string of the molecule is C[C@@H](NC(=O)Cc1cccs1)[C@H](c1cccs1)N1CCN(c2ccccc2)CC1. The maximum absolute atomic E-state index is 12.6. The van der Waals surface area contributed by atoms with Crippen LogP contribution < -0.4 is 10.2 Å². The minimum absolute atomic E-state index is 0.0596. The first-order valence-corrected chi connectivity index (χ1v) is 11.9. The Hall–Kier alpha value is -2.15. The molecular weight excluding hydrogens is 398 g/mol. The molecule has 1 amide bonds. The third-order valence-electron chi connectivity index (χ3n) is 5.44. The van der Waals surface area contributed by atoms with E-state index in [-0.39, 0.29) is 18.0 Å². The van der Waals surface area contributed by atoms with Gasteiger partial charge in [-0.05, 0) is 41.9 Å². The fourth-order valence-corrected chi connectivity index (χ4v) is 5.72. The number of thiophene rings is 2. The van der Waals surface area contributed by atoms with Gasteiger partial charge in [0.1, 0.15) is 0 Å². The van der Waals surface area contributed by atoms with Crippen molar-refractivity contribution in [2.75, 3.05) is 31.1 Å². The Morgan fingerprint density at radius 1 is 0.966 bits per heavy atom.